The Morgan fingerprint density at radius 1 is 1.10 bits per heavy atom. The van der Waals surface area contributed by atoms with Crippen molar-refractivity contribution in [2.75, 3.05) is 13.7 Å². The largest absolute Gasteiger partial charge is 0.467 e. The number of rotatable bonds is 5. The van der Waals surface area contributed by atoms with Gasteiger partial charge in [-0.05, 0) is 17.7 Å². The fourth-order valence-corrected chi connectivity index (χ4v) is 3.98. The summed E-state index contributed by atoms with van der Waals surface area (Å²) in [6.45, 7) is 0.586. The molecule has 0 N–H and O–H groups in total. The van der Waals surface area contributed by atoms with Gasteiger partial charge in [-0.15, -0.1) is 0 Å². The molecule has 8 nitrogen and oxygen atoms in total. The van der Waals surface area contributed by atoms with E-state index in [4.69, 9.17) is 9.57 Å². The van der Waals surface area contributed by atoms with Gasteiger partial charge >= 0.3 is 12.0 Å². The van der Waals surface area contributed by atoms with Gasteiger partial charge < -0.3 is 9.64 Å². The lowest BCUT2D eigenvalue weighted by Crippen LogP contribution is -2.39. The number of carbonyl (C=O) groups is 2. The van der Waals surface area contributed by atoms with Crippen molar-refractivity contribution in [3.8, 4) is 5.69 Å². The molecule has 152 valence electrons. The maximum absolute atomic E-state index is 13.0. The van der Waals surface area contributed by atoms with Gasteiger partial charge in [-0.25, -0.2) is 14.3 Å². The van der Waals surface area contributed by atoms with Gasteiger partial charge in [0.2, 0.25) is 0 Å². The molecule has 3 aromatic rings. The number of carbonyl (C=O) groups excluding carboxylic acids is 2. The van der Waals surface area contributed by atoms with Crippen molar-refractivity contribution in [1.82, 2.24) is 19.7 Å². The van der Waals surface area contributed by atoms with Gasteiger partial charge in [0.25, 0.3) is 0 Å². The third kappa shape index (κ3) is 2.93. The highest BCUT2D eigenvalue weighted by atomic mass is 16.7. The summed E-state index contributed by atoms with van der Waals surface area (Å²) >= 11 is 0. The van der Waals surface area contributed by atoms with E-state index in [1.54, 1.807) is 4.68 Å². The second-order valence-electron chi connectivity index (χ2n) is 7.21. The SMILES string of the molecule is COC(=O)[C@@H]1c2nn(-c3ccccc3)cc2[C@H]2CN1C(=O)N2OCc1ccccc1. The first-order valence-corrected chi connectivity index (χ1v) is 9.66. The van der Waals surface area contributed by atoms with Crippen LogP contribution in [-0.4, -0.2) is 45.4 Å². The van der Waals surface area contributed by atoms with E-state index in [1.165, 1.54) is 17.1 Å². The minimum Gasteiger partial charge on any atom is -0.467 e. The lowest BCUT2D eigenvalue weighted by Gasteiger charge is -2.27. The van der Waals surface area contributed by atoms with Crippen molar-refractivity contribution >= 4 is 12.0 Å². The third-order valence-corrected chi connectivity index (χ3v) is 5.45. The van der Waals surface area contributed by atoms with Gasteiger partial charge in [-0.3, -0.25) is 4.84 Å². The van der Waals surface area contributed by atoms with E-state index in [0.29, 0.717) is 12.2 Å². The van der Waals surface area contributed by atoms with Crippen LogP contribution < -0.4 is 0 Å². The summed E-state index contributed by atoms with van der Waals surface area (Å²) in [5, 5.41) is 5.99. The zero-order chi connectivity index (χ0) is 20.7. The van der Waals surface area contributed by atoms with Gasteiger partial charge in [-0.1, -0.05) is 48.5 Å². The van der Waals surface area contributed by atoms with Crippen LogP contribution in [0.15, 0.2) is 66.9 Å². The Kier molecular flexibility index (Phi) is 4.48. The van der Waals surface area contributed by atoms with Gasteiger partial charge in [0.15, 0.2) is 6.04 Å². The number of urea groups is 1. The minimum atomic E-state index is -0.899. The van der Waals surface area contributed by atoms with Crippen molar-refractivity contribution in [1.29, 1.82) is 0 Å². The summed E-state index contributed by atoms with van der Waals surface area (Å²) in [6, 6.07) is 17.6. The molecule has 2 amide bonds. The predicted molar refractivity (Wildman–Crippen MR) is 106 cm³/mol. The van der Waals surface area contributed by atoms with Gasteiger partial charge in [-0.2, -0.15) is 10.2 Å². The monoisotopic (exact) mass is 404 g/mol. The molecule has 2 bridgehead atoms. The normalized spacial score (nSPS) is 19.7. The lowest BCUT2D eigenvalue weighted by atomic mass is 9.98. The van der Waals surface area contributed by atoms with Crippen LogP contribution in [0, 0.1) is 0 Å². The standard InChI is InChI=1S/C22H20N4O4/c1-29-21(27)20-19-17(12-25(23-19)16-10-6-3-7-11-16)18-13-24(20)22(28)26(18)30-14-15-8-4-2-5-9-15/h2-12,18,20H,13-14H2,1H3/t18-,20+/m1/s1. The number of hydroxylamine groups is 2. The Hall–Kier alpha value is -3.65. The predicted octanol–water partition coefficient (Wildman–Crippen LogP) is 3.01. The van der Waals surface area contributed by atoms with Crippen molar-refractivity contribution < 1.29 is 19.2 Å². The van der Waals surface area contributed by atoms with Gasteiger partial charge in [0.05, 0.1) is 19.3 Å². The Bertz CT molecular complexity index is 1080. The summed E-state index contributed by atoms with van der Waals surface area (Å²) in [5.74, 6) is -0.522. The number of hydrogen-bond acceptors (Lipinski definition) is 5. The first-order chi connectivity index (χ1) is 14.7. The number of fused-ring (bicyclic) bond motifs is 4. The van der Waals surface area contributed by atoms with E-state index in [1.807, 2.05) is 66.9 Å². The zero-order valence-electron chi connectivity index (χ0n) is 16.3. The molecule has 0 aliphatic carbocycles. The smallest absolute Gasteiger partial charge is 0.345 e. The molecule has 0 radical (unpaired) electrons. The van der Waals surface area contributed by atoms with E-state index in [9.17, 15) is 9.59 Å². The van der Waals surface area contributed by atoms with Crippen LogP contribution in [0.25, 0.3) is 5.69 Å². The van der Waals surface area contributed by atoms with E-state index in [0.717, 1.165) is 16.8 Å². The molecule has 3 heterocycles. The highest BCUT2D eigenvalue weighted by Crippen LogP contribution is 2.44. The van der Waals surface area contributed by atoms with Crippen molar-refractivity contribution in [2.24, 2.45) is 0 Å². The molecule has 0 unspecified atom stereocenters. The summed E-state index contributed by atoms with van der Waals surface area (Å²) in [4.78, 5) is 33.0. The number of methoxy groups -OCH3 is 1. The van der Waals surface area contributed by atoms with Crippen LogP contribution in [-0.2, 0) is 21.0 Å². The molecule has 0 saturated carbocycles. The Morgan fingerprint density at radius 3 is 2.50 bits per heavy atom. The number of para-hydroxylation sites is 1. The van der Waals surface area contributed by atoms with E-state index >= 15 is 0 Å². The topological polar surface area (TPSA) is 76.9 Å². The number of esters is 1. The molecular formula is C22H20N4O4. The molecule has 1 saturated heterocycles. The molecule has 30 heavy (non-hydrogen) atoms. The van der Waals surface area contributed by atoms with E-state index in [-0.39, 0.29) is 18.7 Å². The molecule has 8 heteroatoms. The summed E-state index contributed by atoms with van der Waals surface area (Å²) in [5.41, 5.74) is 3.11. The Balaban J connectivity index is 1.52. The molecule has 2 atom stereocenters. The molecule has 2 aromatic carbocycles. The molecule has 2 aliphatic heterocycles. The highest BCUT2D eigenvalue weighted by Gasteiger charge is 2.53. The van der Waals surface area contributed by atoms with Crippen LogP contribution in [0.4, 0.5) is 4.79 Å². The molecular weight excluding hydrogens is 384 g/mol. The number of hydrogen-bond donors (Lipinski definition) is 0. The van der Waals surface area contributed by atoms with E-state index in [2.05, 4.69) is 5.10 Å². The number of amides is 2. The summed E-state index contributed by atoms with van der Waals surface area (Å²) in [6.07, 6.45) is 1.86. The van der Waals surface area contributed by atoms with Crippen LogP contribution in [0.3, 0.4) is 0 Å². The van der Waals surface area contributed by atoms with Crippen molar-refractivity contribution in [3.63, 3.8) is 0 Å². The quantitative estimate of drug-likeness (QED) is 0.611. The zero-order valence-corrected chi connectivity index (χ0v) is 16.3. The maximum atomic E-state index is 13.0. The van der Waals surface area contributed by atoms with Crippen molar-refractivity contribution in [2.45, 2.75) is 18.7 Å². The van der Waals surface area contributed by atoms with Crippen LogP contribution in [0.2, 0.25) is 0 Å². The fourth-order valence-electron chi connectivity index (χ4n) is 3.98. The van der Waals surface area contributed by atoms with E-state index < -0.39 is 12.0 Å². The minimum absolute atomic E-state index is 0.252. The average molecular weight is 404 g/mol. The Morgan fingerprint density at radius 2 is 1.80 bits per heavy atom. The number of nitrogens with zero attached hydrogens (tertiary/aromatic N) is 4. The number of benzene rings is 2. The first kappa shape index (κ1) is 18.4. The van der Waals surface area contributed by atoms with Crippen molar-refractivity contribution in [3.05, 3.63) is 83.7 Å². The third-order valence-electron chi connectivity index (χ3n) is 5.45. The molecule has 1 fully saturated rings. The molecule has 5 rings (SSSR count). The number of ether oxygens (including phenoxy) is 1. The second-order valence-corrected chi connectivity index (χ2v) is 7.21. The second kappa shape index (κ2) is 7.31. The molecule has 2 aliphatic rings. The summed E-state index contributed by atoms with van der Waals surface area (Å²) in [7, 11) is 1.31. The Labute approximate surface area is 173 Å². The molecule has 1 aromatic heterocycles. The lowest BCUT2D eigenvalue weighted by molar-refractivity contribution is -0.146. The summed E-state index contributed by atoms with van der Waals surface area (Å²) < 4.78 is 6.71. The van der Waals surface area contributed by atoms with Crippen LogP contribution in [0.5, 0.6) is 0 Å². The number of aromatic nitrogens is 2. The molecule has 0 spiro atoms. The van der Waals surface area contributed by atoms with Gasteiger partial charge in [0.1, 0.15) is 18.3 Å². The highest BCUT2D eigenvalue weighted by molar-refractivity contribution is 5.87. The fraction of sp³-hybridized carbons (Fsp3) is 0.227. The average Bonchev–Trinajstić information content (AvgIpc) is 3.35. The maximum Gasteiger partial charge on any atom is 0.345 e. The first-order valence-electron chi connectivity index (χ1n) is 9.66. The van der Waals surface area contributed by atoms with Crippen LogP contribution in [0.1, 0.15) is 28.9 Å². The van der Waals surface area contributed by atoms with Crippen LogP contribution >= 0.6 is 0 Å². The van der Waals surface area contributed by atoms with Gasteiger partial charge in [0, 0.05) is 11.8 Å².